The third-order valence-electron chi connectivity index (χ3n) is 4.69. The van der Waals surface area contributed by atoms with Gasteiger partial charge in [-0.05, 0) is 31.2 Å². The van der Waals surface area contributed by atoms with Crippen LogP contribution in [0, 0.1) is 6.92 Å². The van der Waals surface area contributed by atoms with Crippen LogP contribution in [0.25, 0.3) is 5.82 Å². The van der Waals surface area contributed by atoms with E-state index >= 15 is 0 Å². The van der Waals surface area contributed by atoms with Crippen LogP contribution in [0.4, 0.5) is 5.82 Å². The summed E-state index contributed by atoms with van der Waals surface area (Å²) in [6, 6.07) is 8.96. The molecule has 2 aromatic heterocycles. The number of anilines is 1. The van der Waals surface area contributed by atoms with Crippen LogP contribution in [0.15, 0.2) is 49.1 Å². The van der Waals surface area contributed by atoms with Crippen molar-refractivity contribution in [3.8, 4) is 5.82 Å². The Bertz CT molecular complexity index is 947. The molecule has 0 saturated carbocycles. The molecular weight excluding hydrogens is 364 g/mol. The zero-order chi connectivity index (χ0) is 18.8. The fraction of sp³-hybridized carbons (Fsp3) is 0.263. The first kappa shape index (κ1) is 17.5. The Morgan fingerprint density at radius 2 is 1.70 bits per heavy atom. The second-order valence-corrected chi connectivity index (χ2v) is 6.80. The number of halogens is 1. The van der Waals surface area contributed by atoms with Gasteiger partial charge in [-0.3, -0.25) is 9.36 Å². The van der Waals surface area contributed by atoms with Crippen molar-refractivity contribution in [3.63, 3.8) is 0 Å². The molecule has 0 aliphatic carbocycles. The molecule has 1 aliphatic rings. The summed E-state index contributed by atoms with van der Waals surface area (Å²) < 4.78 is 1.92. The Labute approximate surface area is 162 Å². The van der Waals surface area contributed by atoms with Crippen molar-refractivity contribution in [3.05, 3.63) is 65.5 Å². The van der Waals surface area contributed by atoms with E-state index < -0.39 is 0 Å². The quantitative estimate of drug-likeness (QED) is 0.696. The van der Waals surface area contributed by atoms with Crippen molar-refractivity contribution in [2.75, 3.05) is 31.1 Å². The highest BCUT2D eigenvalue weighted by molar-refractivity contribution is 6.30. The van der Waals surface area contributed by atoms with E-state index in [4.69, 9.17) is 11.6 Å². The van der Waals surface area contributed by atoms with Gasteiger partial charge in [0, 0.05) is 55.2 Å². The number of nitrogens with zero attached hydrogens (tertiary/aromatic N) is 6. The molecule has 0 bridgehead atoms. The van der Waals surface area contributed by atoms with Crippen LogP contribution in [0.5, 0.6) is 0 Å². The summed E-state index contributed by atoms with van der Waals surface area (Å²) in [4.78, 5) is 29.6. The largest absolute Gasteiger partial charge is 0.353 e. The van der Waals surface area contributed by atoms with Crippen molar-refractivity contribution >= 4 is 23.3 Å². The summed E-state index contributed by atoms with van der Waals surface area (Å²) in [5.74, 6) is 2.54. The lowest BCUT2D eigenvalue weighted by Crippen LogP contribution is -2.49. The second kappa shape index (κ2) is 7.36. The van der Waals surface area contributed by atoms with E-state index in [0.29, 0.717) is 23.7 Å². The number of piperazine rings is 1. The number of hydrogen-bond donors (Lipinski definition) is 0. The van der Waals surface area contributed by atoms with Crippen LogP contribution >= 0.6 is 11.6 Å². The average molecular weight is 383 g/mol. The third-order valence-corrected chi connectivity index (χ3v) is 4.94. The van der Waals surface area contributed by atoms with E-state index in [1.165, 1.54) is 0 Å². The van der Waals surface area contributed by atoms with Crippen LogP contribution in [0.1, 0.15) is 16.2 Å². The number of carbonyl (C=O) groups excluding carboxylic acids is 1. The summed E-state index contributed by atoms with van der Waals surface area (Å²) in [7, 11) is 0. The lowest BCUT2D eigenvalue weighted by atomic mass is 10.2. The number of imidazole rings is 1. The van der Waals surface area contributed by atoms with E-state index in [9.17, 15) is 4.79 Å². The van der Waals surface area contributed by atoms with Gasteiger partial charge in [-0.25, -0.2) is 15.0 Å². The summed E-state index contributed by atoms with van der Waals surface area (Å²) >= 11 is 5.90. The number of aryl methyl sites for hydroxylation is 1. The van der Waals surface area contributed by atoms with Gasteiger partial charge in [-0.1, -0.05) is 11.6 Å². The van der Waals surface area contributed by atoms with Gasteiger partial charge in [0.25, 0.3) is 5.91 Å². The van der Waals surface area contributed by atoms with Gasteiger partial charge in [-0.15, -0.1) is 0 Å². The zero-order valence-corrected chi connectivity index (χ0v) is 15.7. The summed E-state index contributed by atoms with van der Waals surface area (Å²) in [5, 5.41) is 0.629. The SMILES string of the molecule is Cc1nccn1-c1cc(N2CCN(C(=O)c3ccc(Cl)cc3)CC2)ncn1. The fourth-order valence-corrected chi connectivity index (χ4v) is 3.30. The van der Waals surface area contributed by atoms with Gasteiger partial charge in [0.15, 0.2) is 0 Å². The molecule has 8 heteroatoms. The predicted octanol–water partition coefficient (Wildman–Crippen LogP) is 2.59. The minimum Gasteiger partial charge on any atom is -0.353 e. The average Bonchev–Trinajstić information content (AvgIpc) is 3.14. The van der Waals surface area contributed by atoms with Gasteiger partial charge in [0.1, 0.15) is 23.8 Å². The first-order valence-corrected chi connectivity index (χ1v) is 9.12. The third kappa shape index (κ3) is 3.64. The first-order valence-electron chi connectivity index (χ1n) is 8.74. The van der Waals surface area contributed by atoms with Gasteiger partial charge in [0.05, 0.1) is 0 Å². The highest BCUT2D eigenvalue weighted by Crippen LogP contribution is 2.18. The number of benzene rings is 1. The van der Waals surface area contributed by atoms with Crippen LogP contribution in [-0.4, -0.2) is 56.5 Å². The van der Waals surface area contributed by atoms with E-state index in [1.807, 2.05) is 28.7 Å². The first-order chi connectivity index (χ1) is 13.1. The van der Waals surface area contributed by atoms with E-state index in [-0.39, 0.29) is 5.91 Å². The molecule has 138 valence electrons. The minimum absolute atomic E-state index is 0.0312. The molecule has 27 heavy (non-hydrogen) atoms. The summed E-state index contributed by atoms with van der Waals surface area (Å²) in [6.45, 7) is 4.66. The second-order valence-electron chi connectivity index (χ2n) is 6.37. The molecule has 0 spiro atoms. The molecule has 3 aromatic rings. The molecule has 3 heterocycles. The minimum atomic E-state index is 0.0312. The Morgan fingerprint density at radius 1 is 1.00 bits per heavy atom. The van der Waals surface area contributed by atoms with Gasteiger partial charge < -0.3 is 9.80 Å². The fourth-order valence-electron chi connectivity index (χ4n) is 3.18. The number of aromatic nitrogens is 4. The standard InChI is InChI=1S/C19H19ClN6O/c1-14-21-6-7-26(14)18-12-17(22-13-23-18)24-8-10-25(11-9-24)19(27)15-2-4-16(20)5-3-15/h2-7,12-13H,8-11H2,1H3. The Balaban J connectivity index is 1.44. The van der Waals surface area contributed by atoms with E-state index in [1.54, 1.807) is 36.8 Å². The van der Waals surface area contributed by atoms with Gasteiger partial charge >= 0.3 is 0 Å². The summed E-state index contributed by atoms with van der Waals surface area (Å²) in [6.07, 6.45) is 5.19. The smallest absolute Gasteiger partial charge is 0.253 e. The van der Waals surface area contributed by atoms with Crippen molar-refractivity contribution < 1.29 is 4.79 Å². The van der Waals surface area contributed by atoms with E-state index in [0.717, 1.165) is 30.5 Å². The number of hydrogen-bond acceptors (Lipinski definition) is 5. The molecule has 0 unspecified atom stereocenters. The molecule has 1 amide bonds. The Kier molecular flexibility index (Phi) is 4.77. The van der Waals surface area contributed by atoms with Gasteiger partial charge in [-0.2, -0.15) is 0 Å². The zero-order valence-electron chi connectivity index (χ0n) is 14.9. The lowest BCUT2D eigenvalue weighted by Gasteiger charge is -2.35. The molecule has 1 fully saturated rings. The molecule has 1 aliphatic heterocycles. The highest BCUT2D eigenvalue weighted by atomic mass is 35.5. The molecule has 1 aromatic carbocycles. The number of amides is 1. The molecular formula is C19H19ClN6O. The Hall–Kier alpha value is -2.93. The number of rotatable bonds is 3. The number of carbonyl (C=O) groups is 1. The normalized spacial score (nSPS) is 14.4. The van der Waals surface area contributed by atoms with Gasteiger partial charge in [0.2, 0.25) is 0 Å². The molecule has 0 radical (unpaired) electrons. The predicted molar refractivity (Wildman–Crippen MR) is 103 cm³/mol. The Morgan fingerprint density at radius 3 is 2.37 bits per heavy atom. The maximum Gasteiger partial charge on any atom is 0.253 e. The molecule has 0 atom stereocenters. The highest BCUT2D eigenvalue weighted by Gasteiger charge is 2.23. The van der Waals surface area contributed by atoms with E-state index in [2.05, 4.69) is 19.9 Å². The van der Waals surface area contributed by atoms with Crippen molar-refractivity contribution in [1.29, 1.82) is 0 Å². The monoisotopic (exact) mass is 382 g/mol. The van der Waals surface area contributed by atoms with Crippen LogP contribution < -0.4 is 4.90 Å². The molecule has 7 nitrogen and oxygen atoms in total. The maximum atomic E-state index is 12.6. The van der Waals surface area contributed by atoms with Crippen molar-refractivity contribution in [2.24, 2.45) is 0 Å². The van der Waals surface area contributed by atoms with Crippen molar-refractivity contribution in [1.82, 2.24) is 24.4 Å². The topological polar surface area (TPSA) is 67.2 Å². The van der Waals surface area contributed by atoms with Crippen LogP contribution in [-0.2, 0) is 0 Å². The maximum absolute atomic E-state index is 12.6. The molecule has 0 N–H and O–H groups in total. The molecule has 4 rings (SSSR count). The van der Waals surface area contributed by atoms with Crippen LogP contribution in [0.2, 0.25) is 5.02 Å². The molecule has 1 saturated heterocycles. The van der Waals surface area contributed by atoms with Crippen LogP contribution in [0.3, 0.4) is 0 Å². The van der Waals surface area contributed by atoms with Crippen molar-refractivity contribution in [2.45, 2.75) is 6.92 Å². The lowest BCUT2D eigenvalue weighted by molar-refractivity contribution is 0.0746. The summed E-state index contributed by atoms with van der Waals surface area (Å²) in [5.41, 5.74) is 0.660.